The molecular formula is C28H26N4O8S4. The Labute approximate surface area is 262 Å². The fraction of sp³-hybridized carbons (Fsp3) is 0.0714. The minimum absolute atomic E-state index is 0.0226. The highest BCUT2D eigenvalue weighted by atomic mass is 33.1. The first-order valence-electron chi connectivity index (χ1n) is 12.5. The first-order chi connectivity index (χ1) is 21.0. The summed E-state index contributed by atoms with van der Waals surface area (Å²) in [6.07, 6.45) is 0. The second-order valence-corrected chi connectivity index (χ2v) is 14.3. The van der Waals surface area contributed by atoms with Crippen molar-refractivity contribution in [2.75, 3.05) is 24.9 Å². The van der Waals surface area contributed by atoms with Gasteiger partial charge in [-0.1, -0.05) is 49.6 Å². The van der Waals surface area contributed by atoms with E-state index in [1.165, 1.54) is 84.3 Å². The normalized spacial score (nSPS) is 11.6. The van der Waals surface area contributed by atoms with Gasteiger partial charge in [0.1, 0.15) is 0 Å². The molecule has 16 heteroatoms. The monoisotopic (exact) mass is 674 g/mol. The summed E-state index contributed by atoms with van der Waals surface area (Å²) in [7, 11) is -2.57. The third-order valence-corrected chi connectivity index (χ3v) is 10.7. The van der Waals surface area contributed by atoms with Crippen molar-refractivity contribution in [1.82, 2.24) is 9.77 Å². The summed E-state index contributed by atoms with van der Waals surface area (Å²) in [4.78, 5) is 40.1. The maximum atomic E-state index is 13.1. The SMILES string of the molecule is CONS(=O)(=O)c1ccc(NC(=O)c2cccc(SSc3ccccc3C(=O)Nc3ccc(S(=O)(=O)NOC)cc3)c2)cc1. The zero-order valence-corrected chi connectivity index (χ0v) is 26.4. The van der Waals surface area contributed by atoms with Gasteiger partial charge in [-0.25, -0.2) is 16.8 Å². The van der Waals surface area contributed by atoms with Crippen LogP contribution in [0.2, 0.25) is 0 Å². The van der Waals surface area contributed by atoms with Crippen LogP contribution in [0.15, 0.2) is 117 Å². The molecular weight excluding hydrogens is 649 g/mol. The van der Waals surface area contributed by atoms with Crippen LogP contribution in [0, 0.1) is 0 Å². The lowest BCUT2D eigenvalue weighted by molar-refractivity contribution is 0.101. The number of carbonyl (C=O) groups is 2. The van der Waals surface area contributed by atoms with Crippen molar-refractivity contribution in [3.63, 3.8) is 0 Å². The number of rotatable bonds is 13. The Bertz CT molecular complexity index is 1850. The Hall–Kier alpha value is -3.74. The number of sulfonamides is 2. The van der Waals surface area contributed by atoms with Crippen molar-refractivity contribution in [3.05, 3.63) is 108 Å². The Morgan fingerprint density at radius 3 is 1.68 bits per heavy atom. The van der Waals surface area contributed by atoms with Crippen LogP contribution >= 0.6 is 21.6 Å². The zero-order chi connectivity index (χ0) is 31.7. The molecule has 2 amide bonds. The topological polar surface area (TPSA) is 169 Å². The highest BCUT2D eigenvalue weighted by molar-refractivity contribution is 8.76. The van der Waals surface area contributed by atoms with Crippen molar-refractivity contribution in [1.29, 1.82) is 0 Å². The van der Waals surface area contributed by atoms with E-state index in [0.717, 1.165) is 4.90 Å². The van der Waals surface area contributed by atoms with Crippen molar-refractivity contribution in [3.8, 4) is 0 Å². The Morgan fingerprint density at radius 1 is 0.614 bits per heavy atom. The molecule has 44 heavy (non-hydrogen) atoms. The predicted octanol–water partition coefficient (Wildman–Crippen LogP) is 4.67. The molecule has 0 spiro atoms. The van der Waals surface area contributed by atoms with Crippen LogP contribution in [0.5, 0.6) is 0 Å². The number of hydrogen-bond acceptors (Lipinski definition) is 10. The Kier molecular flexibility index (Phi) is 11.2. The van der Waals surface area contributed by atoms with Crippen LogP contribution in [0.3, 0.4) is 0 Å². The summed E-state index contributed by atoms with van der Waals surface area (Å²) in [5.41, 5.74) is 1.59. The minimum Gasteiger partial charge on any atom is -0.322 e. The quantitative estimate of drug-likeness (QED) is 0.116. The molecule has 0 aliphatic carbocycles. The maximum Gasteiger partial charge on any atom is 0.262 e. The molecule has 0 radical (unpaired) electrons. The van der Waals surface area contributed by atoms with E-state index in [2.05, 4.69) is 20.3 Å². The molecule has 230 valence electrons. The standard InChI is InChI=1S/C28H26N4O8S4/c1-39-31-43(35,36)23-14-10-20(11-15-23)29-27(33)19-6-5-7-22(18-19)41-42-26-9-4-3-8-25(26)28(34)30-21-12-16-24(17-13-21)44(37,38)32-40-2/h3-18,31-32H,1-2H3,(H,29,33)(H,30,34). The number of hydrogen-bond donors (Lipinski definition) is 4. The lowest BCUT2D eigenvalue weighted by Gasteiger charge is -2.11. The maximum absolute atomic E-state index is 13.1. The van der Waals surface area contributed by atoms with E-state index in [0.29, 0.717) is 27.4 Å². The fourth-order valence-electron chi connectivity index (χ4n) is 3.66. The van der Waals surface area contributed by atoms with Crippen molar-refractivity contribution < 1.29 is 36.1 Å². The van der Waals surface area contributed by atoms with E-state index in [4.69, 9.17) is 0 Å². The lowest BCUT2D eigenvalue weighted by atomic mass is 10.2. The first-order valence-corrected chi connectivity index (χ1v) is 17.6. The van der Waals surface area contributed by atoms with E-state index in [1.54, 1.807) is 42.5 Å². The molecule has 4 N–H and O–H groups in total. The lowest BCUT2D eigenvalue weighted by Crippen LogP contribution is -2.22. The van der Waals surface area contributed by atoms with Crippen molar-refractivity contribution >= 4 is 64.8 Å². The average Bonchev–Trinajstić information content (AvgIpc) is 3.01. The van der Waals surface area contributed by atoms with Crippen molar-refractivity contribution in [2.45, 2.75) is 19.6 Å². The van der Waals surface area contributed by atoms with Gasteiger partial charge in [-0.3, -0.25) is 19.3 Å². The van der Waals surface area contributed by atoms with Gasteiger partial charge in [-0.2, -0.15) is 0 Å². The largest absolute Gasteiger partial charge is 0.322 e. The Balaban J connectivity index is 1.40. The van der Waals surface area contributed by atoms with Crippen LogP contribution in [-0.2, 0) is 29.7 Å². The molecule has 0 saturated carbocycles. The number of carbonyl (C=O) groups excluding carboxylic acids is 2. The van der Waals surface area contributed by atoms with Crippen LogP contribution in [0.25, 0.3) is 0 Å². The molecule has 0 heterocycles. The van der Waals surface area contributed by atoms with Crippen LogP contribution in [0.1, 0.15) is 20.7 Å². The molecule has 4 rings (SSSR count). The third-order valence-electron chi connectivity index (χ3n) is 5.69. The summed E-state index contributed by atoms with van der Waals surface area (Å²) < 4.78 is 48.1. The fourth-order valence-corrected chi connectivity index (χ4v) is 7.47. The zero-order valence-electron chi connectivity index (χ0n) is 23.1. The van der Waals surface area contributed by atoms with Gasteiger partial charge < -0.3 is 10.6 Å². The van der Waals surface area contributed by atoms with Gasteiger partial charge in [0.05, 0.1) is 29.6 Å². The molecule has 4 aromatic rings. The molecule has 12 nitrogen and oxygen atoms in total. The van der Waals surface area contributed by atoms with E-state index in [1.807, 2.05) is 15.8 Å². The molecule has 0 saturated heterocycles. The number of anilines is 2. The van der Waals surface area contributed by atoms with Crippen LogP contribution in [0.4, 0.5) is 11.4 Å². The van der Waals surface area contributed by atoms with E-state index >= 15 is 0 Å². The molecule has 0 unspecified atom stereocenters. The summed E-state index contributed by atoms with van der Waals surface area (Å²) >= 11 is 0. The number of amides is 2. The number of nitrogens with one attached hydrogen (secondary N) is 4. The molecule has 0 aromatic heterocycles. The highest BCUT2D eigenvalue weighted by Crippen LogP contribution is 2.39. The van der Waals surface area contributed by atoms with Gasteiger partial charge in [0.2, 0.25) is 0 Å². The number of benzene rings is 4. The summed E-state index contributed by atoms with van der Waals surface area (Å²) in [6.45, 7) is 0. The summed E-state index contributed by atoms with van der Waals surface area (Å²) in [6, 6.07) is 25.1. The molecule has 0 atom stereocenters. The van der Waals surface area contributed by atoms with Crippen molar-refractivity contribution in [2.24, 2.45) is 0 Å². The van der Waals surface area contributed by atoms with Gasteiger partial charge >= 0.3 is 0 Å². The highest BCUT2D eigenvalue weighted by Gasteiger charge is 2.17. The van der Waals surface area contributed by atoms with E-state index in [9.17, 15) is 26.4 Å². The second-order valence-electron chi connectivity index (χ2n) is 8.73. The summed E-state index contributed by atoms with van der Waals surface area (Å²) in [5, 5.41) is 5.51. The van der Waals surface area contributed by atoms with Crippen LogP contribution < -0.4 is 20.4 Å². The predicted molar refractivity (Wildman–Crippen MR) is 168 cm³/mol. The smallest absolute Gasteiger partial charge is 0.262 e. The minimum atomic E-state index is -3.82. The Morgan fingerprint density at radius 2 is 1.14 bits per heavy atom. The molecule has 0 aliphatic heterocycles. The molecule has 0 bridgehead atoms. The van der Waals surface area contributed by atoms with Gasteiger partial charge in [0, 0.05) is 26.7 Å². The van der Waals surface area contributed by atoms with E-state index in [-0.39, 0.29) is 21.6 Å². The van der Waals surface area contributed by atoms with Gasteiger partial charge in [-0.15, -0.1) is 0 Å². The second kappa shape index (κ2) is 14.8. The molecule has 4 aromatic carbocycles. The van der Waals surface area contributed by atoms with Crippen LogP contribution in [-0.4, -0.2) is 42.9 Å². The van der Waals surface area contributed by atoms with Gasteiger partial charge in [0.15, 0.2) is 0 Å². The van der Waals surface area contributed by atoms with Gasteiger partial charge in [0.25, 0.3) is 31.9 Å². The first kappa shape index (κ1) is 33.2. The average molecular weight is 675 g/mol. The third kappa shape index (κ3) is 8.67. The molecule has 0 fully saturated rings. The summed E-state index contributed by atoms with van der Waals surface area (Å²) in [5.74, 6) is -0.774. The van der Waals surface area contributed by atoms with E-state index < -0.39 is 20.0 Å². The molecule has 0 aliphatic rings. The van der Waals surface area contributed by atoms with Gasteiger partial charge in [-0.05, 0) is 78.9 Å².